The molecule has 440 valence electrons. The summed E-state index contributed by atoms with van der Waals surface area (Å²) in [7, 11) is 0. The van der Waals surface area contributed by atoms with Crippen molar-refractivity contribution in [3.63, 3.8) is 0 Å². The minimum absolute atomic E-state index is 0.0795. The summed E-state index contributed by atoms with van der Waals surface area (Å²) in [4.78, 5) is 38.1. The van der Waals surface area contributed by atoms with Gasteiger partial charge in [0, 0.05) is 19.3 Å². The largest absolute Gasteiger partial charge is 0.462 e. The zero-order chi connectivity index (χ0) is 54.3. The zero-order valence-electron chi connectivity index (χ0n) is 50.6. The van der Waals surface area contributed by atoms with Gasteiger partial charge in [-0.15, -0.1) is 0 Å². The molecule has 0 aliphatic carbocycles. The topological polar surface area (TPSA) is 78.9 Å². The quantitative estimate of drug-likeness (QED) is 0.0261. The van der Waals surface area contributed by atoms with Crippen molar-refractivity contribution in [2.24, 2.45) is 0 Å². The first-order chi connectivity index (χ1) is 37.0. The van der Waals surface area contributed by atoms with Crippen LogP contribution in [0.15, 0.2) is 36.5 Å². The molecular formula is C69H128O6. The fourth-order valence-electron chi connectivity index (χ4n) is 10.2. The molecule has 0 radical (unpaired) electrons. The van der Waals surface area contributed by atoms with E-state index < -0.39 is 6.10 Å². The smallest absolute Gasteiger partial charge is 0.306 e. The van der Waals surface area contributed by atoms with Gasteiger partial charge in [0.1, 0.15) is 13.2 Å². The van der Waals surface area contributed by atoms with Crippen molar-refractivity contribution in [1.29, 1.82) is 0 Å². The highest BCUT2D eigenvalue weighted by atomic mass is 16.6. The van der Waals surface area contributed by atoms with Crippen LogP contribution >= 0.6 is 0 Å². The predicted molar refractivity (Wildman–Crippen MR) is 326 cm³/mol. The van der Waals surface area contributed by atoms with Gasteiger partial charge in [-0.2, -0.15) is 0 Å². The number of unbranched alkanes of at least 4 members (excludes halogenated alkanes) is 45. The van der Waals surface area contributed by atoms with Crippen LogP contribution in [-0.2, 0) is 28.6 Å². The first-order valence-electron chi connectivity index (χ1n) is 33.5. The van der Waals surface area contributed by atoms with Crippen molar-refractivity contribution in [3.8, 4) is 0 Å². The van der Waals surface area contributed by atoms with E-state index in [9.17, 15) is 14.4 Å². The Balaban J connectivity index is 3.97. The molecule has 0 aromatic carbocycles. The lowest BCUT2D eigenvalue weighted by Gasteiger charge is -2.18. The molecule has 75 heavy (non-hydrogen) atoms. The summed E-state index contributed by atoms with van der Waals surface area (Å²) >= 11 is 0. The zero-order valence-corrected chi connectivity index (χ0v) is 50.6. The number of hydrogen-bond donors (Lipinski definition) is 0. The Bertz CT molecular complexity index is 1250. The van der Waals surface area contributed by atoms with Crippen molar-refractivity contribution in [2.45, 2.75) is 374 Å². The molecule has 0 spiro atoms. The van der Waals surface area contributed by atoms with Gasteiger partial charge >= 0.3 is 17.9 Å². The minimum atomic E-state index is -0.783. The van der Waals surface area contributed by atoms with Crippen LogP contribution in [0.1, 0.15) is 367 Å². The number of hydrogen-bond acceptors (Lipinski definition) is 6. The Hall–Kier alpha value is -2.37. The Morgan fingerprint density at radius 1 is 0.280 bits per heavy atom. The van der Waals surface area contributed by atoms with Crippen molar-refractivity contribution in [1.82, 2.24) is 0 Å². The van der Waals surface area contributed by atoms with E-state index in [1.807, 2.05) is 0 Å². The molecule has 0 aliphatic heterocycles. The van der Waals surface area contributed by atoms with E-state index in [0.29, 0.717) is 19.3 Å². The van der Waals surface area contributed by atoms with Crippen molar-refractivity contribution >= 4 is 17.9 Å². The summed E-state index contributed by atoms with van der Waals surface area (Å²) in [6.45, 7) is 6.54. The van der Waals surface area contributed by atoms with Gasteiger partial charge in [0.25, 0.3) is 0 Å². The molecule has 0 bridgehead atoms. The summed E-state index contributed by atoms with van der Waals surface area (Å²) < 4.78 is 16.8. The number of esters is 3. The number of carbonyl (C=O) groups is 3. The van der Waals surface area contributed by atoms with E-state index in [4.69, 9.17) is 14.2 Å². The molecule has 1 unspecified atom stereocenters. The summed E-state index contributed by atoms with van der Waals surface area (Å²) in [5.41, 5.74) is 0. The molecule has 0 amide bonds. The molecule has 6 heteroatoms. The van der Waals surface area contributed by atoms with Crippen LogP contribution in [0.4, 0.5) is 0 Å². The Morgan fingerprint density at radius 2 is 0.520 bits per heavy atom. The third-order valence-corrected chi connectivity index (χ3v) is 15.2. The van der Waals surface area contributed by atoms with E-state index in [2.05, 4.69) is 57.2 Å². The molecule has 1 atom stereocenters. The SMILES string of the molecule is CC/C=C\C/C=C\C/C=C\CCCCCC(=O)OC(COC(=O)CCCCCCCCCCCC)COC(=O)CCCCCCCCCCCCCCCCCCCCCCCCCCCCCCCCCCCC. The number of allylic oxidation sites excluding steroid dienone is 6. The molecule has 0 aromatic rings. The van der Waals surface area contributed by atoms with E-state index in [0.717, 1.165) is 83.5 Å². The first kappa shape index (κ1) is 72.6. The summed E-state index contributed by atoms with van der Waals surface area (Å²) in [5, 5.41) is 0. The van der Waals surface area contributed by atoms with Crippen molar-refractivity contribution in [3.05, 3.63) is 36.5 Å². The molecule has 0 rings (SSSR count). The fraction of sp³-hybridized carbons (Fsp3) is 0.870. The van der Waals surface area contributed by atoms with Crippen LogP contribution in [0.3, 0.4) is 0 Å². The third-order valence-electron chi connectivity index (χ3n) is 15.2. The second-order valence-electron chi connectivity index (χ2n) is 22.7. The molecular weight excluding hydrogens is 925 g/mol. The molecule has 0 heterocycles. The maximum Gasteiger partial charge on any atom is 0.306 e. The lowest BCUT2D eigenvalue weighted by molar-refractivity contribution is -0.167. The summed E-state index contributed by atoms with van der Waals surface area (Å²) in [6, 6.07) is 0. The average Bonchev–Trinajstić information content (AvgIpc) is 3.41. The van der Waals surface area contributed by atoms with E-state index in [1.165, 1.54) is 244 Å². The van der Waals surface area contributed by atoms with Gasteiger partial charge < -0.3 is 14.2 Å². The first-order valence-corrected chi connectivity index (χ1v) is 33.5. The Labute approximate surface area is 467 Å². The van der Waals surface area contributed by atoms with Gasteiger partial charge in [-0.3, -0.25) is 14.4 Å². The molecule has 0 fully saturated rings. The van der Waals surface area contributed by atoms with Gasteiger partial charge in [-0.05, 0) is 51.4 Å². The average molecular weight is 1050 g/mol. The predicted octanol–water partition coefficient (Wildman–Crippen LogP) is 22.8. The van der Waals surface area contributed by atoms with Crippen molar-refractivity contribution in [2.75, 3.05) is 13.2 Å². The minimum Gasteiger partial charge on any atom is -0.462 e. The second-order valence-corrected chi connectivity index (χ2v) is 22.7. The monoisotopic (exact) mass is 1050 g/mol. The molecule has 6 nitrogen and oxygen atoms in total. The van der Waals surface area contributed by atoms with Gasteiger partial charge in [-0.1, -0.05) is 333 Å². The highest BCUT2D eigenvalue weighted by molar-refractivity contribution is 5.71. The maximum absolute atomic E-state index is 12.8. The highest BCUT2D eigenvalue weighted by Gasteiger charge is 2.19. The van der Waals surface area contributed by atoms with Crippen LogP contribution in [0.25, 0.3) is 0 Å². The molecule has 0 aromatic heterocycles. The van der Waals surface area contributed by atoms with E-state index in [1.54, 1.807) is 0 Å². The van der Waals surface area contributed by atoms with Crippen LogP contribution in [-0.4, -0.2) is 37.2 Å². The summed E-state index contributed by atoms with van der Waals surface area (Å²) in [5.74, 6) is -0.892. The standard InChI is InChI=1S/C69H128O6/c1-4-7-10-13-16-19-22-24-25-26-27-28-29-30-31-32-33-34-35-36-37-38-39-40-41-42-43-44-46-47-50-53-56-59-62-68(71)74-65-66(64-73-67(70)61-58-55-52-49-21-18-15-12-9-6-3)75-69(72)63-60-57-54-51-48-45-23-20-17-14-11-8-5-2/h8,11,17,20,45,48,66H,4-7,9-10,12-16,18-19,21-44,46-47,49-65H2,1-3H3/b11-8-,20-17-,48-45-. The fourth-order valence-corrected chi connectivity index (χ4v) is 10.2. The number of ether oxygens (including phenoxy) is 3. The Kier molecular flexibility index (Phi) is 62.1. The highest BCUT2D eigenvalue weighted by Crippen LogP contribution is 2.19. The van der Waals surface area contributed by atoms with Gasteiger partial charge in [0.2, 0.25) is 0 Å². The van der Waals surface area contributed by atoms with Crippen LogP contribution < -0.4 is 0 Å². The van der Waals surface area contributed by atoms with Crippen LogP contribution in [0.5, 0.6) is 0 Å². The second kappa shape index (κ2) is 64.2. The van der Waals surface area contributed by atoms with Gasteiger partial charge in [0.05, 0.1) is 0 Å². The molecule has 0 N–H and O–H groups in total. The third kappa shape index (κ3) is 62.4. The lowest BCUT2D eigenvalue weighted by Crippen LogP contribution is -2.30. The van der Waals surface area contributed by atoms with Crippen molar-refractivity contribution < 1.29 is 28.6 Å². The Morgan fingerprint density at radius 3 is 0.813 bits per heavy atom. The maximum atomic E-state index is 12.8. The molecule has 0 saturated heterocycles. The lowest BCUT2D eigenvalue weighted by atomic mass is 10.0. The van der Waals surface area contributed by atoms with Crippen LogP contribution in [0, 0.1) is 0 Å². The molecule has 0 saturated carbocycles. The van der Waals surface area contributed by atoms with Crippen LogP contribution in [0.2, 0.25) is 0 Å². The van der Waals surface area contributed by atoms with E-state index >= 15 is 0 Å². The van der Waals surface area contributed by atoms with Gasteiger partial charge in [-0.25, -0.2) is 0 Å². The normalized spacial score (nSPS) is 12.2. The van der Waals surface area contributed by atoms with E-state index in [-0.39, 0.29) is 31.1 Å². The summed E-state index contributed by atoms with van der Waals surface area (Å²) in [6.07, 6.45) is 79.3. The number of carbonyl (C=O) groups excluding carboxylic acids is 3. The number of rotatable bonds is 62. The molecule has 0 aliphatic rings. The van der Waals surface area contributed by atoms with Gasteiger partial charge in [0.15, 0.2) is 6.10 Å².